The van der Waals surface area contributed by atoms with Crippen molar-refractivity contribution in [2.45, 2.75) is 155 Å². The van der Waals surface area contributed by atoms with Crippen molar-refractivity contribution in [2.75, 3.05) is 0 Å². The predicted octanol–water partition coefficient (Wildman–Crippen LogP) is 9.20. The normalized spacial score (nSPS) is 25.5. The predicted molar refractivity (Wildman–Crippen MR) is 179 cm³/mol. The Morgan fingerprint density at radius 3 is 2.00 bits per heavy atom. The molecule has 232 valence electrons. The molecule has 0 amide bonds. The van der Waals surface area contributed by atoms with Gasteiger partial charge >= 0.3 is 0 Å². The second kappa shape index (κ2) is 11.6. The molecule has 2 saturated carbocycles. The van der Waals surface area contributed by atoms with Crippen LogP contribution < -0.4 is 5.32 Å². The molecular formula is C38H58N2O2. The minimum absolute atomic E-state index is 0.0100. The fourth-order valence-corrected chi connectivity index (χ4v) is 7.13. The number of hydrogen-bond acceptors (Lipinski definition) is 4. The van der Waals surface area contributed by atoms with Gasteiger partial charge in [0.15, 0.2) is 0 Å². The number of benzene rings is 2. The Bertz CT molecular complexity index is 1300. The van der Waals surface area contributed by atoms with E-state index in [9.17, 15) is 10.2 Å². The lowest BCUT2D eigenvalue weighted by molar-refractivity contribution is 0.173. The lowest BCUT2D eigenvalue weighted by atomic mass is 9.59. The van der Waals surface area contributed by atoms with Gasteiger partial charge in [-0.3, -0.25) is 4.99 Å². The summed E-state index contributed by atoms with van der Waals surface area (Å²) in [7, 11) is 0. The summed E-state index contributed by atoms with van der Waals surface area (Å²) in [4.78, 5) is 5.11. The first-order valence-corrected chi connectivity index (χ1v) is 16.3. The van der Waals surface area contributed by atoms with E-state index in [2.05, 4.69) is 106 Å². The average Bonchev–Trinajstić information content (AvgIpc) is 2.85. The highest BCUT2D eigenvalue weighted by Crippen LogP contribution is 2.51. The number of rotatable bonds is 6. The summed E-state index contributed by atoms with van der Waals surface area (Å²) in [6.45, 7) is 25.1. The Kier molecular flexibility index (Phi) is 9.03. The number of hydrogen-bond donors (Lipinski definition) is 3. The molecule has 2 unspecified atom stereocenters. The third kappa shape index (κ3) is 7.07. The zero-order valence-electron chi connectivity index (χ0n) is 28.4. The van der Waals surface area contributed by atoms with E-state index >= 15 is 0 Å². The number of aliphatic imine (C=N–C) groups is 1. The maximum absolute atomic E-state index is 11.5. The fraction of sp³-hybridized carbons (Fsp3) is 0.658. The maximum Gasteiger partial charge on any atom is 0.128 e. The fourth-order valence-electron chi connectivity index (χ4n) is 7.13. The molecule has 2 aliphatic carbocycles. The zero-order chi connectivity index (χ0) is 31.3. The van der Waals surface area contributed by atoms with E-state index in [0.29, 0.717) is 24.0 Å². The molecule has 4 heteroatoms. The summed E-state index contributed by atoms with van der Waals surface area (Å²) in [6.07, 6.45) is 8.59. The molecule has 0 saturated heterocycles. The van der Waals surface area contributed by atoms with Crippen LogP contribution in [0, 0.1) is 5.92 Å². The molecule has 0 aromatic heterocycles. The zero-order valence-corrected chi connectivity index (χ0v) is 28.4. The van der Waals surface area contributed by atoms with Gasteiger partial charge in [-0.15, -0.1) is 0 Å². The van der Waals surface area contributed by atoms with Crippen molar-refractivity contribution < 1.29 is 10.2 Å². The molecule has 0 radical (unpaired) electrons. The third-order valence-electron chi connectivity index (χ3n) is 9.81. The first-order chi connectivity index (χ1) is 19.3. The Morgan fingerprint density at radius 1 is 0.833 bits per heavy atom. The first-order valence-electron chi connectivity index (χ1n) is 16.3. The summed E-state index contributed by atoms with van der Waals surface area (Å²) in [5, 5.41) is 26.6. The molecule has 2 atom stereocenters. The number of aromatic hydroxyl groups is 2. The average molecular weight is 575 g/mol. The number of phenolic OH excluding ortho intramolecular Hbond substituents is 2. The molecule has 2 aromatic rings. The van der Waals surface area contributed by atoms with Gasteiger partial charge in [-0.2, -0.15) is 0 Å². The minimum Gasteiger partial charge on any atom is -0.507 e. The second-order valence-electron chi connectivity index (χ2n) is 16.9. The van der Waals surface area contributed by atoms with Crippen molar-refractivity contribution in [1.82, 2.24) is 5.32 Å². The molecule has 42 heavy (non-hydrogen) atoms. The maximum atomic E-state index is 11.5. The molecule has 4 nitrogen and oxygen atoms in total. The molecule has 2 aliphatic rings. The molecule has 2 aromatic carbocycles. The molecule has 3 N–H and O–H groups in total. The number of nitrogens with one attached hydrogen (secondary N) is 1. The van der Waals surface area contributed by atoms with Crippen molar-refractivity contribution in [3.8, 4) is 11.5 Å². The number of phenols is 2. The standard InChI is InChI=1S/C38H58N2O2/c1-24-20-38(11,21-24)30-19-28(36(5,6)7)17-26(34(30)42)23-40-32-15-13-12-14-31(32)39-22-25-16-27(35(2,3)4)18-29(33(25)41)37(8,9)10/h16-19,22,24,31-32,40-42H,12-15,20-21,23H2,1-11H3. The number of nitrogens with zero attached hydrogens (tertiary/aromatic N) is 1. The molecule has 2 fully saturated rings. The van der Waals surface area contributed by atoms with E-state index in [1.807, 2.05) is 6.21 Å². The van der Waals surface area contributed by atoms with Crippen LogP contribution in [0.15, 0.2) is 29.3 Å². The van der Waals surface area contributed by atoms with Crippen LogP contribution in [0.25, 0.3) is 0 Å². The highest BCUT2D eigenvalue weighted by molar-refractivity contribution is 5.85. The Balaban J connectivity index is 1.60. The highest BCUT2D eigenvalue weighted by Gasteiger charge is 2.42. The quantitative estimate of drug-likeness (QED) is 0.301. The van der Waals surface area contributed by atoms with Gasteiger partial charge in [-0.05, 0) is 70.5 Å². The molecule has 0 aliphatic heterocycles. The van der Waals surface area contributed by atoms with E-state index in [1.54, 1.807) is 0 Å². The Labute approximate surface area is 256 Å². The molecule has 0 bridgehead atoms. The van der Waals surface area contributed by atoms with Gasteiger partial charge in [-0.1, -0.05) is 107 Å². The monoisotopic (exact) mass is 574 g/mol. The van der Waals surface area contributed by atoms with E-state index in [1.165, 1.54) is 17.5 Å². The van der Waals surface area contributed by atoms with E-state index in [4.69, 9.17) is 4.99 Å². The first kappa shape index (κ1) is 32.6. The van der Waals surface area contributed by atoms with Gasteiger partial charge in [0.25, 0.3) is 0 Å². The van der Waals surface area contributed by atoms with Crippen molar-refractivity contribution >= 4 is 6.21 Å². The van der Waals surface area contributed by atoms with E-state index < -0.39 is 0 Å². The largest absolute Gasteiger partial charge is 0.507 e. The summed E-state index contributed by atoms with van der Waals surface area (Å²) >= 11 is 0. The van der Waals surface area contributed by atoms with Crippen LogP contribution in [-0.4, -0.2) is 28.5 Å². The van der Waals surface area contributed by atoms with Gasteiger partial charge < -0.3 is 15.5 Å². The SMILES string of the molecule is CC1CC(C)(c2cc(C(C)(C)C)cc(CNC3CCCCC3N=Cc3cc(C(C)(C)C)cc(C(C)(C)C)c3O)c2O)C1. The van der Waals surface area contributed by atoms with Gasteiger partial charge in [0, 0.05) is 41.1 Å². The topological polar surface area (TPSA) is 64.9 Å². The summed E-state index contributed by atoms with van der Waals surface area (Å²) in [5.74, 6) is 1.52. The van der Waals surface area contributed by atoms with Gasteiger partial charge in [0.05, 0.1) is 6.04 Å². The van der Waals surface area contributed by atoms with E-state index in [0.717, 1.165) is 54.4 Å². The van der Waals surface area contributed by atoms with Crippen LogP contribution in [0.3, 0.4) is 0 Å². The third-order valence-corrected chi connectivity index (χ3v) is 9.81. The molecular weight excluding hydrogens is 516 g/mol. The minimum atomic E-state index is -0.167. The lowest BCUT2D eigenvalue weighted by Gasteiger charge is -2.45. The summed E-state index contributed by atoms with van der Waals surface area (Å²) in [6, 6.07) is 9.11. The van der Waals surface area contributed by atoms with Crippen LogP contribution in [0.4, 0.5) is 0 Å². The van der Waals surface area contributed by atoms with Crippen LogP contribution in [0.1, 0.15) is 148 Å². The molecule has 0 heterocycles. The smallest absolute Gasteiger partial charge is 0.128 e. The van der Waals surface area contributed by atoms with Crippen LogP contribution >= 0.6 is 0 Å². The Hall–Kier alpha value is -2.33. The summed E-state index contributed by atoms with van der Waals surface area (Å²) < 4.78 is 0. The molecule has 4 rings (SSSR count). The van der Waals surface area contributed by atoms with Crippen molar-refractivity contribution in [2.24, 2.45) is 10.9 Å². The second-order valence-corrected chi connectivity index (χ2v) is 16.9. The van der Waals surface area contributed by atoms with Crippen molar-refractivity contribution in [3.63, 3.8) is 0 Å². The van der Waals surface area contributed by atoms with Gasteiger partial charge in [0.1, 0.15) is 11.5 Å². The summed E-state index contributed by atoms with van der Waals surface area (Å²) in [5.41, 5.74) is 6.25. The lowest BCUT2D eigenvalue weighted by Crippen LogP contribution is -2.41. The Morgan fingerprint density at radius 2 is 1.43 bits per heavy atom. The van der Waals surface area contributed by atoms with Gasteiger partial charge in [-0.25, -0.2) is 0 Å². The van der Waals surface area contributed by atoms with Gasteiger partial charge in [0.2, 0.25) is 0 Å². The van der Waals surface area contributed by atoms with Crippen LogP contribution in [0.2, 0.25) is 0 Å². The van der Waals surface area contributed by atoms with Crippen LogP contribution in [0.5, 0.6) is 11.5 Å². The molecule has 0 spiro atoms. The van der Waals surface area contributed by atoms with E-state index in [-0.39, 0.29) is 33.7 Å². The van der Waals surface area contributed by atoms with Crippen LogP contribution in [-0.2, 0) is 28.2 Å². The van der Waals surface area contributed by atoms with Crippen molar-refractivity contribution in [3.05, 3.63) is 57.6 Å². The highest BCUT2D eigenvalue weighted by atomic mass is 16.3. The van der Waals surface area contributed by atoms with Crippen molar-refractivity contribution in [1.29, 1.82) is 0 Å².